The van der Waals surface area contributed by atoms with Crippen LogP contribution in [0, 0.1) is 0 Å². The molecule has 2 fully saturated rings. The van der Waals surface area contributed by atoms with Crippen LogP contribution in [0.4, 0.5) is 0 Å². The number of hydrogen-bond acceptors (Lipinski definition) is 6. The predicted molar refractivity (Wildman–Crippen MR) is 88.3 cm³/mol. The molecule has 0 aromatic carbocycles. The highest BCUT2D eigenvalue weighted by Gasteiger charge is 2.38. The summed E-state index contributed by atoms with van der Waals surface area (Å²) in [7, 11) is 0. The number of rotatable bonds is 6. The quantitative estimate of drug-likeness (QED) is 0.754. The average Bonchev–Trinajstić information content (AvgIpc) is 3.13. The van der Waals surface area contributed by atoms with Crippen molar-refractivity contribution in [2.45, 2.75) is 42.8 Å². The highest BCUT2D eigenvalue weighted by atomic mass is 32.2. The van der Waals surface area contributed by atoms with Gasteiger partial charge in [-0.05, 0) is 12.8 Å². The molecule has 0 spiro atoms. The number of carbonyl (C=O) groups is 1. The van der Waals surface area contributed by atoms with Gasteiger partial charge in [-0.15, -0.1) is 0 Å². The van der Waals surface area contributed by atoms with Crippen LogP contribution in [0.3, 0.4) is 0 Å². The van der Waals surface area contributed by atoms with E-state index in [-0.39, 0.29) is 11.4 Å². The Bertz CT molecular complexity index is 484. The lowest BCUT2D eigenvalue weighted by atomic mass is 9.79. The van der Waals surface area contributed by atoms with Crippen molar-refractivity contribution in [3.63, 3.8) is 0 Å². The van der Waals surface area contributed by atoms with Crippen molar-refractivity contribution < 1.29 is 9.53 Å². The van der Waals surface area contributed by atoms with E-state index in [1.54, 1.807) is 0 Å². The van der Waals surface area contributed by atoms with Crippen molar-refractivity contribution in [3.8, 4) is 0 Å². The van der Waals surface area contributed by atoms with Gasteiger partial charge in [-0.3, -0.25) is 14.8 Å². The van der Waals surface area contributed by atoms with Crippen molar-refractivity contribution >= 4 is 17.7 Å². The minimum atomic E-state index is 0.0598. The molecule has 2 aliphatic rings. The number of ether oxygens (including phenoxy) is 1. The second-order valence-electron chi connectivity index (χ2n) is 6.24. The SMILES string of the molecule is O=C(CSc1ncn[nH]1)NCC1(N2CCOCC2)CCCCC1. The molecule has 3 rings (SSSR count). The fourth-order valence-corrected chi connectivity index (χ4v) is 4.17. The maximum Gasteiger partial charge on any atom is 0.230 e. The van der Waals surface area contributed by atoms with Gasteiger partial charge in [0.1, 0.15) is 6.33 Å². The lowest BCUT2D eigenvalue weighted by Gasteiger charge is -2.48. The van der Waals surface area contributed by atoms with Crippen LogP contribution in [0.2, 0.25) is 0 Å². The number of thioether (sulfide) groups is 1. The molecule has 128 valence electrons. The molecule has 1 amide bonds. The molecule has 8 heteroatoms. The molecule has 1 aromatic rings. The molecule has 1 saturated carbocycles. The zero-order valence-electron chi connectivity index (χ0n) is 13.4. The van der Waals surface area contributed by atoms with Gasteiger partial charge in [-0.2, -0.15) is 5.10 Å². The number of H-pyrrole nitrogens is 1. The molecule has 23 heavy (non-hydrogen) atoms. The van der Waals surface area contributed by atoms with Crippen LogP contribution in [-0.2, 0) is 9.53 Å². The number of amides is 1. The summed E-state index contributed by atoms with van der Waals surface area (Å²) in [6, 6.07) is 0. The van der Waals surface area contributed by atoms with Gasteiger partial charge < -0.3 is 10.1 Å². The fraction of sp³-hybridized carbons (Fsp3) is 0.800. The lowest BCUT2D eigenvalue weighted by Crippen LogP contribution is -2.59. The molecule has 7 nitrogen and oxygen atoms in total. The zero-order valence-corrected chi connectivity index (χ0v) is 14.2. The smallest absolute Gasteiger partial charge is 0.230 e. The third kappa shape index (κ3) is 4.45. The number of nitrogens with one attached hydrogen (secondary N) is 2. The van der Waals surface area contributed by atoms with E-state index in [9.17, 15) is 4.79 Å². The molecule has 1 aliphatic carbocycles. The molecule has 1 aliphatic heterocycles. The standard InChI is InChI=1S/C15H25N5O2S/c21-13(10-23-14-17-12-18-19-14)16-11-15(4-2-1-3-5-15)20-6-8-22-9-7-20/h12H,1-11H2,(H,16,21)(H,17,18,19). The fourth-order valence-electron chi connectivity index (χ4n) is 3.56. The molecule has 1 saturated heterocycles. The van der Waals surface area contributed by atoms with E-state index < -0.39 is 0 Å². The summed E-state index contributed by atoms with van der Waals surface area (Å²) in [5.41, 5.74) is 0.120. The lowest BCUT2D eigenvalue weighted by molar-refractivity contribution is -0.119. The minimum Gasteiger partial charge on any atom is -0.379 e. The molecule has 2 heterocycles. The second-order valence-corrected chi connectivity index (χ2v) is 7.20. The maximum absolute atomic E-state index is 12.2. The summed E-state index contributed by atoms with van der Waals surface area (Å²) in [5, 5.41) is 10.4. The molecule has 0 bridgehead atoms. The van der Waals surface area contributed by atoms with Crippen molar-refractivity contribution in [1.82, 2.24) is 25.4 Å². The first-order chi connectivity index (χ1) is 11.3. The molecule has 0 atom stereocenters. The first-order valence-electron chi connectivity index (χ1n) is 8.36. The van der Waals surface area contributed by atoms with Crippen LogP contribution in [0.1, 0.15) is 32.1 Å². The van der Waals surface area contributed by atoms with Crippen LogP contribution in [0.15, 0.2) is 11.5 Å². The Balaban J connectivity index is 1.52. The monoisotopic (exact) mass is 339 g/mol. The Kier molecular flexibility index (Phi) is 5.91. The molecular weight excluding hydrogens is 314 g/mol. The van der Waals surface area contributed by atoms with Crippen LogP contribution >= 0.6 is 11.8 Å². The minimum absolute atomic E-state index is 0.0598. The summed E-state index contributed by atoms with van der Waals surface area (Å²) < 4.78 is 5.49. The van der Waals surface area contributed by atoms with Crippen molar-refractivity contribution in [2.75, 3.05) is 38.6 Å². The highest BCUT2D eigenvalue weighted by molar-refractivity contribution is 7.99. The number of nitrogens with zero attached hydrogens (tertiary/aromatic N) is 3. The second kappa shape index (κ2) is 8.12. The third-order valence-corrected chi connectivity index (χ3v) is 5.69. The maximum atomic E-state index is 12.2. The van der Waals surface area contributed by atoms with Crippen LogP contribution in [-0.4, -0.2) is 70.1 Å². The summed E-state index contributed by atoms with van der Waals surface area (Å²) in [5.74, 6) is 0.429. The Morgan fingerprint density at radius 1 is 1.35 bits per heavy atom. The predicted octanol–water partition coefficient (Wildman–Crippen LogP) is 1.05. The Hall–Kier alpha value is -1.12. The number of aromatic amines is 1. The van der Waals surface area contributed by atoms with Crippen LogP contribution in [0.5, 0.6) is 0 Å². The van der Waals surface area contributed by atoms with Crippen molar-refractivity contribution in [3.05, 3.63) is 6.33 Å². The normalized spacial score (nSPS) is 21.9. The molecular formula is C15H25N5O2S. The van der Waals surface area contributed by atoms with Crippen molar-refractivity contribution in [1.29, 1.82) is 0 Å². The van der Waals surface area contributed by atoms with Gasteiger partial charge in [0, 0.05) is 25.2 Å². The van der Waals surface area contributed by atoms with Gasteiger partial charge in [0.15, 0.2) is 5.16 Å². The van der Waals surface area contributed by atoms with Gasteiger partial charge >= 0.3 is 0 Å². The Labute approximate surface area is 140 Å². The first kappa shape index (κ1) is 16.7. The third-order valence-electron chi connectivity index (χ3n) is 4.81. The summed E-state index contributed by atoms with van der Waals surface area (Å²) in [6.45, 7) is 4.29. The topological polar surface area (TPSA) is 83.1 Å². The van der Waals surface area contributed by atoms with E-state index in [1.165, 1.54) is 50.2 Å². The van der Waals surface area contributed by atoms with Crippen LogP contribution in [0.25, 0.3) is 0 Å². The molecule has 0 unspecified atom stereocenters. The van der Waals surface area contributed by atoms with Crippen molar-refractivity contribution in [2.24, 2.45) is 0 Å². The first-order valence-corrected chi connectivity index (χ1v) is 9.35. The van der Waals surface area contributed by atoms with Crippen LogP contribution < -0.4 is 5.32 Å². The number of morpholine rings is 1. The van der Waals surface area contributed by atoms with E-state index in [1.807, 2.05) is 0 Å². The van der Waals surface area contributed by atoms with E-state index in [4.69, 9.17) is 4.74 Å². The number of carbonyl (C=O) groups excluding carboxylic acids is 1. The van der Waals surface area contributed by atoms with E-state index in [0.29, 0.717) is 10.9 Å². The van der Waals surface area contributed by atoms with Gasteiger partial charge in [0.2, 0.25) is 5.91 Å². The van der Waals surface area contributed by atoms with E-state index in [0.717, 1.165) is 32.8 Å². The summed E-state index contributed by atoms with van der Waals surface area (Å²) in [4.78, 5) is 18.7. The Morgan fingerprint density at radius 3 is 2.83 bits per heavy atom. The molecule has 2 N–H and O–H groups in total. The van der Waals surface area contributed by atoms with Gasteiger partial charge in [-0.1, -0.05) is 31.0 Å². The zero-order chi connectivity index (χ0) is 16.0. The highest BCUT2D eigenvalue weighted by Crippen LogP contribution is 2.33. The number of aromatic nitrogens is 3. The Morgan fingerprint density at radius 2 is 2.13 bits per heavy atom. The van der Waals surface area contributed by atoms with Gasteiger partial charge in [0.05, 0.1) is 19.0 Å². The molecule has 0 radical (unpaired) electrons. The molecule has 1 aromatic heterocycles. The van der Waals surface area contributed by atoms with E-state index >= 15 is 0 Å². The van der Waals surface area contributed by atoms with E-state index in [2.05, 4.69) is 25.4 Å². The summed E-state index contributed by atoms with van der Waals surface area (Å²) >= 11 is 1.38. The number of hydrogen-bond donors (Lipinski definition) is 2. The van der Waals surface area contributed by atoms with Gasteiger partial charge in [-0.25, -0.2) is 4.98 Å². The summed E-state index contributed by atoms with van der Waals surface area (Å²) in [6.07, 6.45) is 7.60. The van der Waals surface area contributed by atoms with Gasteiger partial charge in [0.25, 0.3) is 0 Å². The largest absolute Gasteiger partial charge is 0.379 e. The average molecular weight is 339 g/mol.